The summed E-state index contributed by atoms with van der Waals surface area (Å²) in [5, 5.41) is 12.3. The number of aliphatic hydroxyl groups is 1. The molecule has 1 fully saturated rings. The molecule has 0 spiro atoms. The molecule has 0 bridgehead atoms. The van der Waals surface area contributed by atoms with Crippen LogP contribution in [0.3, 0.4) is 0 Å². The van der Waals surface area contributed by atoms with Gasteiger partial charge in [-0.05, 0) is 13.3 Å². The summed E-state index contributed by atoms with van der Waals surface area (Å²) >= 11 is 0. The zero-order valence-electron chi connectivity index (χ0n) is 10.1. The monoisotopic (exact) mass is 230 g/mol. The first-order valence-corrected chi connectivity index (χ1v) is 5.90. The van der Waals surface area contributed by atoms with Crippen LogP contribution in [0.1, 0.15) is 20.3 Å². The Morgan fingerprint density at radius 1 is 1.69 bits per heavy atom. The molecule has 1 aliphatic heterocycles. The average molecular weight is 230 g/mol. The Labute approximate surface area is 96.8 Å². The maximum Gasteiger partial charge on any atom is 0.237 e. The van der Waals surface area contributed by atoms with Crippen LogP contribution in [0.25, 0.3) is 0 Å². The fraction of sp³-hybridized carbons (Fsp3) is 0.909. The minimum absolute atomic E-state index is 0.0327. The van der Waals surface area contributed by atoms with E-state index in [-0.39, 0.29) is 18.6 Å². The van der Waals surface area contributed by atoms with Crippen molar-refractivity contribution in [3.8, 4) is 0 Å². The van der Waals surface area contributed by atoms with Crippen molar-refractivity contribution in [2.24, 2.45) is 0 Å². The molecule has 0 radical (unpaired) electrons. The molecule has 0 aromatic rings. The molecule has 2 atom stereocenters. The molecule has 5 heteroatoms. The minimum Gasteiger partial charge on any atom is -0.394 e. The average Bonchev–Trinajstić information content (AvgIpc) is 2.35. The molecule has 2 N–H and O–H groups in total. The summed E-state index contributed by atoms with van der Waals surface area (Å²) in [5.74, 6) is 0.0441. The van der Waals surface area contributed by atoms with Crippen LogP contribution in [0.15, 0.2) is 0 Å². The van der Waals surface area contributed by atoms with Crippen LogP contribution in [0.5, 0.6) is 0 Å². The summed E-state index contributed by atoms with van der Waals surface area (Å²) in [4.78, 5) is 13.6. The maximum atomic E-state index is 11.9. The highest BCUT2D eigenvalue weighted by Crippen LogP contribution is 2.06. The quantitative estimate of drug-likeness (QED) is 0.674. The number of carbonyl (C=O) groups excluding carboxylic acids is 1. The van der Waals surface area contributed by atoms with Gasteiger partial charge in [0.25, 0.3) is 0 Å². The highest BCUT2D eigenvalue weighted by molar-refractivity contribution is 5.78. The largest absolute Gasteiger partial charge is 0.394 e. The third-order valence-corrected chi connectivity index (χ3v) is 2.97. The second-order valence-corrected chi connectivity index (χ2v) is 4.19. The highest BCUT2D eigenvalue weighted by Gasteiger charge is 2.26. The van der Waals surface area contributed by atoms with Gasteiger partial charge in [-0.2, -0.15) is 0 Å². The Kier molecular flexibility index (Phi) is 5.73. The lowest BCUT2D eigenvalue weighted by Crippen LogP contribution is -2.53. The number of amides is 1. The van der Waals surface area contributed by atoms with Crippen LogP contribution < -0.4 is 5.32 Å². The van der Waals surface area contributed by atoms with Crippen molar-refractivity contribution < 1.29 is 14.6 Å². The molecular formula is C11H22N2O3. The first-order valence-electron chi connectivity index (χ1n) is 5.90. The number of hydrogen-bond donors (Lipinski definition) is 2. The number of nitrogens with one attached hydrogen (secondary N) is 1. The molecule has 0 saturated carbocycles. The Morgan fingerprint density at radius 2 is 2.44 bits per heavy atom. The summed E-state index contributed by atoms with van der Waals surface area (Å²) in [5.41, 5.74) is 0. The van der Waals surface area contributed by atoms with Gasteiger partial charge in [-0.1, -0.05) is 6.92 Å². The molecule has 2 unspecified atom stereocenters. The van der Waals surface area contributed by atoms with Crippen LogP contribution in [-0.4, -0.2) is 60.9 Å². The van der Waals surface area contributed by atoms with Crippen molar-refractivity contribution in [2.45, 2.75) is 32.4 Å². The summed E-state index contributed by atoms with van der Waals surface area (Å²) in [6.45, 7) is 6.01. The fourth-order valence-corrected chi connectivity index (χ4v) is 1.64. The fourth-order valence-electron chi connectivity index (χ4n) is 1.64. The van der Waals surface area contributed by atoms with Gasteiger partial charge in [0.15, 0.2) is 0 Å². The van der Waals surface area contributed by atoms with E-state index < -0.39 is 0 Å². The topological polar surface area (TPSA) is 61.8 Å². The molecule has 0 aromatic heterocycles. The second kappa shape index (κ2) is 6.83. The third kappa shape index (κ3) is 3.73. The van der Waals surface area contributed by atoms with E-state index in [0.717, 1.165) is 6.42 Å². The molecule has 1 amide bonds. The van der Waals surface area contributed by atoms with Crippen LogP contribution in [0, 0.1) is 0 Å². The summed E-state index contributed by atoms with van der Waals surface area (Å²) in [6, 6.07) is 0.164. The van der Waals surface area contributed by atoms with Crippen molar-refractivity contribution in [1.82, 2.24) is 10.2 Å². The van der Waals surface area contributed by atoms with Gasteiger partial charge < -0.3 is 20.1 Å². The van der Waals surface area contributed by atoms with E-state index in [1.54, 1.807) is 4.90 Å². The molecule has 94 valence electrons. The number of aliphatic hydroxyl groups excluding tert-OH is 1. The first kappa shape index (κ1) is 13.4. The van der Waals surface area contributed by atoms with Crippen LogP contribution in [-0.2, 0) is 9.53 Å². The Hall–Kier alpha value is -0.650. The van der Waals surface area contributed by atoms with Crippen molar-refractivity contribution in [3.63, 3.8) is 0 Å². The number of morpholine rings is 1. The van der Waals surface area contributed by atoms with E-state index >= 15 is 0 Å². The van der Waals surface area contributed by atoms with Gasteiger partial charge in [0.05, 0.1) is 32.4 Å². The van der Waals surface area contributed by atoms with Gasteiger partial charge >= 0.3 is 0 Å². The van der Waals surface area contributed by atoms with Crippen molar-refractivity contribution in [3.05, 3.63) is 0 Å². The van der Waals surface area contributed by atoms with E-state index in [1.807, 2.05) is 0 Å². The molecule has 0 aliphatic carbocycles. The molecular weight excluding hydrogens is 208 g/mol. The number of nitrogens with zero attached hydrogens (tertiary/aromatic N) is 1. The zero-order chi connectivity index (χ0) is 12.0. The molecule has 16 heavy (non-hydrogen) atoms. The maximum absolute atomic E-state index is 11.9. The lowest BCUT2D eigenvalue weighted by Gasteiger charge is -2.34. The van der Waals surface area contributed by atoms with E-state index in [4.69, 9.17) is 9.84 Å². The van der Waals surface area contributed by atoms with Gasteiger partial charge in [-0.25, -0.2) is 0 Å². The predicted octanol–water partition coefficient (Wildman–Crippen LogP) is -0.406. The van der Waals surface area contributed by atoms with E-state index in [9.17, 15) is 4.79 Å². The number of hydrogen-bond acceptors (Lipinski definition) is 4. The van der Waals surface area contributed by atoms with E-state index in [2.05, 4.69) is 19.2 Å². The van der Waals surface area contributed by atoms with Gasteiger partial charge in [0.2, 0.25) is 5.91 Å². The van der Waals surface area contributed by atoms with Gasteiger partial charge in [-0.3, -0.25) is 4.79 Å². The second-order valence-electron chi connectivity index (χ2n) is 4.19. The number of rotatable bonds is 5. The smallest absolute Gasteiger partial charge is 0.237 e. The molecule has 1 aliphatic rings. The van der Waals surface area contributed by atoms with Gasteiger partial charge in [0.1, 0.15) is 0 Å². The summed E-state index contributed by atoms with van der Waals surface area (Å²) < 4.78 is 5.23. The first-order chi connectivity index (χ1) is 7.69. The number of carbonyl (C=O) groups is 1. The van der Waals surface area contributed by atoms with Gasteiger partial charge in [-0.15, -0.1) is 0 Å². The molecule has 1 rings (SSSR count). The lowest BCUT2D eigenvalue weighted by atomic mass is 10.2. The van der Waals surface area contributed by atoms with Crippen molar-refractivity contribution >= 4 is 5.91 Å². The van der Waals surface area contributed by atoms with Crippen molar-refractivity contribution in [2.75, 3.05) is 32.9 Å². The van der Waals surface area contributed by atoms with Crippen molar-refractivity contribution in [1.29, 1.82) is 0 Å². The Bertz CT molecular complexity index is 223. The normalized spacial score (nSPS) is 23.2. The SMILES string of the molecule is CCC(C)NCC(=O)N1CCOCC1CO. The molecule has 1 heterocycles. The lowest BCUT2D eigenvalue weighted by molar-refractivity contribution is -0.140. The molecule has 1 saturated heterocycles. The van der Waals surface area contributed by atoms with Crippen LogP contribution in [0.4, 0.5) is 0 Å². The van der Waals surface area contributed by atoms with E-state index in [0.29, 0.717) is 32.3 Å². The summed E-state index contributed by atoms with van der Waals surface area (Å²) in [7, 11) is 0. The highest BCUT2D eigenvalue weighted by atomic mass is 16.5. The Morgan fingerprint density at radius 3 is 3.06 bits per heavy atom. The minimum atomic E-state index is -0.181. The molecule has 0 aromatic carbocycles. The van der Waals surface area contributed by atoms with Crippen LogP contribution in [0.2, 0.25) is 0 Å². The standard InChI is InChI=1S/C11H22N2O3/c1-3-9(2)12-6-11(15)13-4-5-16-8-10(13)7-14/h9-10,12,14H,3-8H2,1-2H3. The zero-order valence-corrected chi connectivity index (χ0v) is 10.1. The van der Waals surface area contributed by atoms with Gasteiger partial charge in [0, 0.05) is 12.6 Å². The predicted molar refractivity (Wildman–Crippen MR) is 61.2 cm³/mol. The van der Waals surface area contributed by atoms with Crippen LogP contribution >= 0.6 is 0 Å². The van der Waals surface area contributed by atoms with E-state index in [1.165, 1.54) is 0 Å². The molecule has 5 nitrogen and oxygen atoms in total. The number of ether oxygens (including phenoxy) is 1. The Balaban J connectivity index is 2.38. The summed E-state index contributed by atoms with van der Waals surface area (Å²) in [6.07, 6.45) is 1.000. The third-order valence-electron chi connectivity index (χ3n) is 2.97.